The molecular formula is C9H13N3O4. The van der Waals surface area contributed by atoms with Crippen molar-refractivity contribution in [1.29, 1.82) is 0 Å². The van der Waals surface area contributed by atoms with E-state index in [4.69, 9.17) is 0 Å². The zero-order chi connectivity index (χ0) is 12.0. The lowest BCUT2D eigenvalue weighted by Crippen LogP contribution is -2.16. The molecule has 7 nitrogen and oxygen atoms in total. The third-order valence-corrected chi connectivity index (χ3v) is 1.71. The number of hydrogen-bond acceptors (Lipinski definition) is 5. The van der Waals surface area contributed by atoms with E-state index in [2.05, 4.69) is 19.9 Å². The molecular weight excluding hydrogens is 214 g/mol. The normalized spacial score (nSPS) is 9.88. The van der Waals surface area contributed by atoms with Crippen molar-refractivity contribution in [3.8, 4) is 0 Å². The van der Waals surface area contributed by atoms with Gasteiger partial charge in [-0.1, -0.05) is 0 Å². The Kier molecular flexibility index (Phi) is 4.46. The minimum Gasteiger partial charge on any atom is -0.468 e. The first-order chi connectivity index (χ1) is 7.65. The van der Waals surface area contributed by atoms with Gasteiger partial charge in [0.05, 0.1) is 19.0 Å². The SMILES string of the molecule is COCC(=O)Nc1cnn(CC(=O)OC)c1. The topological polar surface area (TPSA) is 82.5 Å². The number of rotatable bonds is 5. The number of carbonyl (C=O) groups is 2. The van der Waals surface area contributed by atoms with E-state index in [0.29, 0.717) is 5.69 Å². The van der Waals surface area contributed by atoms with Crippen molar-refractivity contribution in [2.24, 2.45) is 0 Å². The molecule has 1 N–H and O–H groups in total. The van der Waals surface area contributed by atoms with E-state index < -0.39 is 5.97 Å². The van der Waals surface area contributed by atoms with Crippen LogP contribution in [0, 0.1) is 0 Å². The molecule has 0 aliphatic heterocycles. The average Bonchev–Trinajstić information content (AvgIpc) is 2.65. The minimum absolute atomic E-state index is 0.0106. The van der Waals surface area contributed by atoms with Gasteiger partial charge in [-0.25, -0.2) is 0 Å². The van der Waals surface area contributed by atoms with Crippen molar-refractivity contribution in [3.05, 3.63) is 12.4 Å². The molecule has 7 heteroatoms. The highest BCUT2D eigenvalue weighted by Crippen LogP contribution is 2.04. The van der Waals surface area contributed by atoms with Crippen LogP contribution in [-0.2, 0) is 25.6 Å². The molecule has 0 aliphatic carbocycles. The fourth-order valence-corrected chi connectivity index (χ4v) is 1.04. The van der Waals surface area contributed by atoms with Crippen molar-refractivity contribution in [2.45, 2.75) is 6.54 Å². The molecule has 16 heavy (non-hydrogen) atoms. The molecule has 0 radical (unpaired) electrons. The van der Waals surface area contributed by atoms with E-state index in [9.17, 15) is 9.59 Å². The zero-order valence-electron chi connectivity index (χ0n) is 9.10. The second-order valence-electron chi connectivity index (χ2n) is 2.98. The number of amides is 1. The van der Waals surface area contributed by atoms with E-state index in [1.807, 2.05) is 0 Å². The second kappa shape index (κ2) is 5.86. The second-order valence-corrected chi connectivity index (χ2v) is 2.98. The molecule has 0 fully saturated rings. The first-order valence-electron chi connectivity index (χ1n) is 4.53. The molecule has 1 amide bonds. The highest BCUT2D eigenvalue weighted by atomic mass is 16.5. The number of hydrogen-bond donors (Lipinski definition) is 1. The van der Waals surface area contributed by atoms with Crippen molar-refractivity contribution in [3.63, 3.8) is 0 Å². The molecule has 0 atom stereocenters. The summed E-state index contributed by atoms with van der Waals surface area (Å²) in [5.74, 6) is -0.682. The Morgan fingerprint density at radius 3 is 2.88 bits per heavy atom. The van der Waals surface area contributed by atoms with Crippen LogP contribution in [-0.4, -0.2) is 42.5 Å². The summed E-state index contributed by atoms with van der Waals surface area (Å²) in [7, 11) is 2.73. The van der Waals surface area contributed by atoms with Gasteiger partial charge >= 0.3 is 5.97 Å². The zero-order valence-corrected chi connectivity index (χ0v) is 9.10. The number of anilines is 1. The molecule has 88 valence electrons. The fourth-order valence-electron chi connectivity index (χ4n) is 1.04. The summed E-state index contributed by atoms with van der Waals surface area (Å²) in [6.45, 7) is -0.0150. The minimum atomic E-state index is -0.405. The molecule has 0 aromatic carbocycles. The standard InChI is InChI=1S/C9H13N3O4/c1-15-6-8(13)11-7-3-10-12(4-7)5-9(14)16-2/h3-4H,5-6H2,1-2H3,(H,11,13). The van der Waals surface area contributed by atoms with Crippen molar-refractivity contribution in [2.75, 3.05) is 26.1 Å². The van der Waals surface area contributed by atoms with Crippen LogP contribution in [0.1, 0.15) is 0 Å². The van der Waals surface area contributed by atoms with Gasteiger partial charge < -0.3 is 14.8 Å². The monoisotopic (exact) mass is 227 g/mol. The van der Waals surface area contributed by atoms with Gasteiger partial charge in [0.25, 0.3) is 0 Å². The molecule has 1 heterocycles. The average molecular weight is 227 g/mol. The van der Waals surface area contributed by atoms with Gasteiger partial charge in [-0.05, 0) is 0 Å². The van der Waals surface area contributed by atoms with Crippen LogP contribution >= 0.6 is 0 Å². The van der Waals surface area contributed by atoms with Crippen LogP contribution in [0.3, 0.4) is 0 Å². The maximum Gasteiger partial charge on any atom is 0.327 e. The highest BCUT2D eigenvalue weighted by molar-refractivity contribution is 5.91. The van der Waals surface area contributed by atoms with Crippen LogP contribution in [0.5, 0.6) is 0 Å². The molecule has 1 rings (SSSR count). The van der Waals surface area contributed by atoms with Gasteiger partial charge in [0, 0.05) is 13.3 Å². The maximum atomic E-state index is 11.1. The fraction of sp³-hybridized carbons (Fsp3) is 0.444. The van der Waals surface area contributed by atoms with Crippen LogP contribution in [0.15, 0.2) is 12.4 Å². The van der Waals surface area contributed by atoms with E-state index >= 15 is 0 Å². The highest BCUT2D eigenvalue weighted by Gasteiger charge is 2.06. The van der Waals surface area contributed by atoms with E-state index in [1.165, 1.54) is 31.3 Å². The number of aromatic nitrogens is 2. The quantitative estimate of drug-likeness (QED) is 0.695. The molecule has 1 aromatic rings. The molecule has 0 spiro atoms. The van der Waals surface area contributed by atoms with Gasteiger partial charge in [-0.2, -0.15) is 5.10 Å². The lowest BCUT2D eigenvalue weighted by molar-refractivity contribution is -0.141. The third-order valence-electron chi connectivity index (χ3n) is 1.71. The molecule has 0 saturated carbocycles. The maximum absolute atomic E-state index is 11.1. The third kappa shape index (κ3) is 3.70. The Morgan fingerprint density at radius 2 is 2.25 bits per heavy atom. The first-order valence-corrected chi connectivity index (χ1v) is 4.53. The predicted octanol–water partition coefficient (Wildman–Crippen LogP) is -0.359. The largest absolute Gasteiger partial charge is 0.468 e. The van der Waals surface area contributed by atoms with Crippen LogP contribution in [0.4, 0.5) is 5.69 Å². The Hall–Kier alpha value is -1.89. The van der Waals surface area contributed by atoms with Gasteiger partial charge in [0.2, 0.25) is 5.91 Å². The Balaban J connectivity index is 2.51. The summed E-state index contributed by atoms with van der Waals surface area (Å²) in [4.78, 5) is 22.1. The van der Waals surface area contributed by atoms with E-state index in [1.54, 1.807) is 0 Å². The molecule has 0 aliphatic rings. The van der Waals surface area contributed by atoms with Crippen molar-refractivity contribution < 1.29 is 19.1 Å². The van der Waals surface area contributed by atoms with Gasteiger partial charge in [-0.3, -0.25) is 14.3 Å². The summed E-state index contributed by atoms with van der Waals surface area (Å²) in [5, 5.41) is 6.43. The van der Waals surface area contributed by atoms with Crippen LogP contribution in [0.2, 0.25) is 0 Å². The lowest BCUT2D eigenvalue weighted by Gasteiger charge is -2.00. The Labute approximate surface area is 92.3 Å². The van der Waals surface area contributed by atoms with E-state index in [0.717, 1.165) is 0 Å². The van der Waals surface area contributed by atoms with Crippen molar-refractivity contribution in [1.82, 2.24) is 9.78 Å². The Morgan fingerprint density at radius 1 is 1.50 bits per heavy atom. The molecule has 0 saturated heterocycles. The number of esters is 1. The van der Waals surface area contributed by atoms with Crippen LogP contribution < -0.4 is 5.32 Å². The molecule has 1 aromatic heterocycles. The molecule has 0 bridgehead atoms. The summed E-state index contributed by atoms with van der Waals surface area (Å²) in [6.07, 6.45) is 2.97. The number of ether oxygens (including phenoxy) is 2. The lowest BCUT2D eigenvalue weighted by atomic mass is 10.5. The smallest absolute Gasteiger partial charge is 0.327 e. The summed E-state index contributed by atoms with van der Waals surface area (Å²) in [5.41, 5.74) is 0.506. The van der Waals surface area contributed by atoms with Crippen molar-refractivity contribution >= 4 is 17.6 Å². The number of nitrogens with one attached hydrogen (secondary N) is 1. The van der Waals surface area contributed by atoms with E-state index in [-0.39, 0.29) is 19.1 Å². The van der Waals surface area contributed by atoms with Gasteiger partial charge in [0.15, 0.2) is 0 Å². The first kappa shape index (κ1) is 12.2. The number of methoxy groups -OCH3 is 2. The van der Waals surface area contributed by atoms with Gasteiger partial charge in [0.1, 0.15) is 13.2 Å². The summed E-state index contributed by atoms with van der Waals surface area (Å²) >= 11 is 0. The van der Waals surface area contributed by atoms with Gasteiger partial charge in [-0.15, -0.1) is 0 Å². The molecule has 0 unspecified atom stereocenters. The predicted molar refractivity (Wildman–Crippen MR) is 54.7 cm³/mol. The summed E-state index contributed by atoms with van der Waals surface area (Å²) in [6, 6.07) is 0. The Bertz CT molecular complexity index is 375. The summed E-state index contributed by atoms with van der Waals surface area (Å²) < 4.78 is 10.5. The van der Waals surface area contributed by atoms with Crippen LogP contribution in [0.25, 0.3) is 0 Å². The number of nitrogens with zero attached hydrogens (tertiary/aromatic N) is 2. The number of carbonyl (C=O) groups excluding carboxylic acids is 2.